The van der Waals surface area contributed by atoms with Crippen molar-refractivity contribution in [2.75, 3.05) is 12.8 Å². The van der Waals surface area contributed by atoms with Gasteiger partial charge in [0.15, 0.2) is 0 Å². The van der Waals surface area contributed by atoms with Crippen LogP contribution in [0.25, 0.3) is 0 Å². The first-order valence-corrected chi connectivity index (χ1v) is 5.98. The SMILES string of the molecule is CN(Cc1cccnc1)C(=O)Cc1ccc(N)cn1. The number of rotatable bonds is 4. The number of amides is 1. The summed E-state index contributed by atoms with van der Waals surface area (Å²) >= 11 is 0. The molecular formula is C14H16N4O. The van der Waals surface area contributed by atoms with Crippen LogP contribution in [0.1, 0.15) is 11.3 Å². The Balaban J connectivity index is 1.94. The van der Waals surface area contributed by atoms with Crippen LogP contribution < -0.4 is 5.73 Å². The molecule has 1 amide bonds. The average molecular weight is 256 g/mol. The quantitative estimate of drug-likeness (QED) is 0.894. The van der Waals surface area contributed by atoms with Crippen LogP contribution in [-0.2, 0) is 17.8 Å². The molecule has 0 aromatic carbocycles. The first-order chi connectivity index (χ1) is 9.15. The number of carbonyl (C=O) groups is 1. The molecule has 98 valence electrons. The maximum Gasteiger partial charge on any atom is 0.228 e. The summed E-state index contributed by atoms with van der Waals surface area (Å²) in [4.78, 5) is 21.8. The van der Waals surface area contributed by atoms with Crippen molar-refractivity contribution in [3.05, 3.63) is 54.1 Å². The number of hydrogen-bond acceptors (Lipinski definition) is 4. The van der Waals surface area contributed by atoms with Crippen molar-refractivity contribution in [1.29, 1.82) is 0 Å². The van der Waals surface area contributed by atoms with Gasteiger partial charge in [0.25, 0.3) is 0 Å². The van der Waals surface area contributed by atoms with Crippen molar-refractivity contribution in [2.45, 2.75) is 13.0 Å². The molecule has 2 heterocycles. The number of nitrogens with zero attached hydrogens (tertiary/aromatic N) is 3. The van der Waals surface area contributed by atoms with Gasteiger partial charge in [-0.05, 0) is 23.8 Å². The number of likely N-dealkylation sites (N-methyl/N-ethyl adjacent to an activating group) is 1. The molecule has 2 aromatic rings. The van der Waals surface area contributed by atoms with Gasteiger partial charge in [-0.15, -0.1) is 0 Å². The molecule has 0 aliphatic rings. The van der Waals surface area contributed by atoms with Gasteiger partial charge in [0.2, 0.25) is 5.91 Å². The predicted octanol–water partition coefficient (Wildman–Crippen LogP) is 1.26. The maximum atomic E-state index is 12.0. The highest BCUT2D eigenvalue weighted by Crippen LogP contribution is 2.06. The number of hydrogen-bond donors (Lipinski definition) is 1. The molecule has 0 saturated heterocycles. The Bertz CT molecular complexity index is 539. The lowest BCUT2D eigenvalue weighted by molar-refractivity contribution is -0.129. The summed E-state index contributed by atoms with van der Waals surface area (Å²) < 4.78 is 0. The summed E-state index contributed by atoms with van der Waals surface area (Å²) in [5.74, 6) is 0.0149. The van der Waals surface area contributed by atoms with Crippen molar-refractivity contribution in [2.24, 2.45) is 0 Å². The van der Waals surface area contributed by atoms with Crippen LogP contribution >= 0.6 is 0 Å². The number of nitrogen functional groups attached to an aromatic ring is 1. The van der Waals surface area contributed by atoms with Gasteiger partial charge in [-0.2, -0.15) is 0 Å². The van der Waals surface area contributed by atoms with Crippen LogP contribution in [0.4, 0.5) is 5.69 Å². The lowest BCUT2D eigenvalue weighted by Crippen LogP contribution is -2.28. The molecule has 0 atom stereocenters. The Morgan fingerprint density at radius 3 is 2.79 bits per heavy atom. The molecule has 19 heavy (non-hydrogen) atoms. The van der Waals surface area contributed by atoms with E-state index in [0.717, 1.165) is 11.3 Å². The van der Waals surface area contributed by atoms with Gasteiger partial charge in [0, 0.05) is 31.7 Å². The van der Waals surface area contributed by atoms with Gasteiger partial charge in [0.1, 0.15) is 0 Å². The molecule has 0 saturated carbocycles. The van der Waals surface area contributed by atoms with Gasteiger partial charge in [0.05, 0.1) is 18.3 Å². The molecule has 0 aliphatic heterocycles. The van der Waals surface area contributed by atoms with Crippen molar-refractivity contribution in [3.8, 4) is 0 Å². The lowest BCUT2D eigenvalue weighted by Gasteiger charge is -2.16. The zero-order chi connectivity index (χ0) is 13.7. The van der Waals surface area contributed by atoms with E-state index in [2.05, 4.69) is 9.97 Å². The molecule has 0 fully saturated rings. The Hall–Kier alpha value is -2.43. The normalized spacial score (nSPS) is 10.2. The third kappa shape index (κ3) is 3.77. The number of carbonyl (C=O) groups excluding carboxylic acids is 1. The number of aromatic nitrogens is 2. The molecular weight excluding hydrogens is 240 g/mol. The molecule has 2 rings (SSSR count). The highest BCUT2D eigenvalue weighted by atomic mass is 16.2. The van der Waals surface area contributed by atoms with Crippen LogP contribution in [0.2, 0.25) is 0 Å². The largest absolute Gasteiger partial charge is 0.397 e. The van der Waals surface area contributed by atoms with Crippen molar-refractivity contribution in [3.63, 3.8) is 0 Å². The van der Waals surface area contributed by atoms with Crippen LogP contribution in [0.15, 0.2) is 42.9 Å². The molecule has 2 aromatic heterocycles. The Labute approximate surface area is 112 Å². The maximum absolute atomic E-state index is 12.0. The molecule has 0 aliphatic carbocycles. The minimum Gasteiger partial charge on any atom is -0.397 e. The van der Waals surface area contributed by atoms with Crippen LogP contribution in [-0.4, -0.2) is 27.8 Å². The molecule has 2 N–H and O–H groups in total. The van der Waals surface area contributed by atoms with E-state index in [1.165, 1.54) is 0 Å². The van der Waals surface area contributed by atoms with E-state index in [1.54, 1.807) is 42.7 Å². The second kappa shape index (κ2) is 5.95. The van der Waals surface area contributed by atoms with E-state index in [0.29, 0.717) is 12.2 Å². The molecule has 0 spiro atoms. The van der Waals surface area contributed by atoms with Gasteiger partial charge >= 0.3 is 0 Å². The number of nitrogens with two attached hydrogens (primary N) is 1. The van der Waals surface area contributed by atoms with Crippen molar-refractivity contribution >= 4 is 11.6 Å². The summed E-state index contributed by atoms with van der Waals surface area (Å²) in [6, 6.07) is 7.31. The number of pyridine rings is 2. The highest BCUT2D eigenvalue weighted by molar-refractivity contribution is 5.78. The Kier molecular flexibility index (Phi) is 4.07. The van der Waals surface area contributed by atoms with Crippen molar-refractivity contribution < 1.29 is 4.79 Å². The second-order valence-electron chi connectivity index (χ2n) is 4.37. The molecule has 0 unspecified atom stereocenters. The second-order valence-corrected chi connectivity index (χ2v) is 4.37. The van der Waals surface area contributed by atoms with Crippen molar-refractivity contribution in [1.82, 2.24) is 14.9 Å². The minimum atomic E-state index is 0.0149. The summed E-state index contributed by atoms with van der Waals surface area (Å²) in [7, 11) is 1.77. The third-order valence-corrected chi connectivity index (χ3v) is 2.75. The van der Waals surface area contributed by atoms with Crippen LogP contribution in [0.5, 0.6) is 0 Å². The fourth-order valence-electron chi connectivity index (χ4n) is 1.68. The summed E-state index contributed by atoms with van der Waals surface area (Å²) in [6.07, 6.45) is 5.30. The van der Waals surface area contributed by atoms with E-state index in [-0.39, 0.29) is 12.3 Å². The fourth-order valence-corrected chi connectivity index (χ4v) is 1.68. The van der Waals surface area contributed by atoms with E-state index in [9.17, 15) is 4.79 Å². The lowest BCUT2D eigenvalue weighted by atomic mass is 10.2. The molecule has 0 bridgehead atoms. The predicted molar refractivity (Wildman–Crippen MR) is 73.1 cm³/mol. The van der Waals surface area contributed by atoms with E-state index >= 15 is 0 Å². The summed E-state index contributed by atoms with van der Waals surface area (Å²) in [5.41, 5.74) is 7.87. The Morgan fingerprint density at radius 1 is 1.32 bits per heavy atom. The monoisotopic (exact) mass is 256 g/mol. The topological polar surface area (TPSA) is 72.1 Å². The first kappa shape index (κ1) is 13.0. The van der Waals surface area contributed by atoms with E-state index in [1.807, 2.05) is 12.1 Å². The zero-order valence-electron chi connectivity index (χ0n) is 10.8. The van der Waals surface area contributed by atoms with Gasteiger partial charge in [-0.25, -0.2) is 0 Å². The zero-order valence-corrected chi connectivity index (χ0v) is 10.8. The van der Waals surface area contributed by atoms with Gasteiger partial charge in [-0.1, -0.05) is 6.07 Å². The Morgan fingerprint density at radius 2 is 2.16 bits per heavy atom. The third-order valence-electron chi connectivity index (χ3n) is 2.75. The van der Waals surface area contributed by atoms with Crippen LogP contribution in [0, 0.1) is 0 Å². The van der Waals surface area contributed by atoms with Crippen LogP contribution in [0.3, 0.4) is 0 Å². The van der Waals surface area contributed by atoms with E-state index in [4.69, 9.17) is 5.73 Å². The highest BCUT2D eigenvalue weighted by Gasteiger charge is 2.10. The number of anilines is 1. The smallest absolute Gasteiger partial charge is 0.228 e. The van der Waals surface area contributed by atoms with Gasteiger partial charge in [-0.3, -0.25) is 14.8 Å². The summed E-state index contributed by atoms with van der Waals surface area (Å²) in [6.45, 7) is 0.543. The molecule has 0 radical (unpaired) electrons. The summed E-state index contributed by atoms with van der Waals surface area (Å²) in [5, 5.41) is 0. The molecule has 5 heteroatoms. The minimum absolute atomic E-state index is 0.0149. The standard InChI is InChI=1S/C14H16N4O/c1-18(10-11-3-2-6-16-8-11)14(19)7-13-5-4-12(15)9-17-13/h2-6,8-9H,7,10,15H2,1H3. The van der Waals surface area contributed by atoms with E-state index < -0.39 is 0 Å². The average Bonchev–Trinajstić information content (AvgIpc) is 2.42. The van der Waals surface area contributed by atoms with Gasteiger partial charge < -0.3 is 10.6 Å². The first-order valence-electron chi connectivity index (χ1n) is 5.98. The molecule has 5 nitrogen and oxygen atoms in total. The fraction of sp³-hybridized carbons (Fsp3) is 0.214.